The lowest BCUT2D eigenvalue weighted by molar-refractivity contribution is -0.139. The van der Waals surface area contributed by atoms with Crippen molar-refractivity contribution in [3.8, 4) is 0 Å². The third-order valence-corrected chi connectivity index (χ3v) is 4.26. The van der Waals surface area contributed by atoms with Crippen LogP contribution in [0.3, 0.4) is 0 Å². The summed E-state index contributed by atoms with van der Waals surface area (Å²) in [7, 11) is 0. The Bertz CT molecular complexity index is 552. The monoisotopic (exact) mass is 281 g/mol. The molecule has 0 saturated carbocycles. The van der Waals surface area contributed by atoms with Crippen molar-refractivity contribution in [1.82, 2.24) is 10.3 Å². The van der Waals surface area contributed by atoms with E-state index in [1.807, 2.05) is 6.92 Å². The van der Waals surface area contributed by atoms with Crippen LogP contribution in [0.25, 0.3) is 0 Å². The Kier molecular flexibility index (Phi) is 3.68. The standard InChI is InChI=1S/C12H15N3O3S/c1-6-3-10(16)15(12(6)18)5-8-4-9(11(17)14-13)19-7(8)2/h4,6H,3,5,13H2,1-2H3,(H,14,17). The molecule has 0 bridgehead atoms. The van der Waals surface area contributed by atoms with Crippen molar-refractivity contribution in [2.45, 2.75) is 26.8 Å². The second-order valence-electron chi connectivity index (χ2n) is 4.59. The van der Waals surface area contributed by atoms with Gasteiger partial charge in [0.05, 0.1) is 11.4 Å². The summed E-state index contributed by atoms with van der Waals surface area (Å²) in [5.41, 5.74) is 2.87. The molecule has 0 radical (unpaired) electrons. The summed E-state index contributed by atoms with van der Waals surface area (Å²) < 4.78 is 0. The van der Waals surface area contributed by atoms with Gasteiger partial charge in [-0.1, -0.05) is 6.92 Å². The average Bonchev–Trinajstić information content (AvgIpc) is 2.85. The highest BCUT2D eigenvalue weighted by Gasteiger charge is 2.35. The molecule has 0 spiro atoms. The molecule has 1 aliphatic rings. The number of rotatable bonds is 3. The number of nitrogen functional groups attached to an aromatic ring is 1. The first-order chi connectivity index (χ1) is 8.93. The van der Waals surface area contributed by atoms with Crippen LogP contribution in [0, 0.1) is 12.8 Å². The lowest BCUT2D eigenvalue weighted by atomic mass is 10.1. The molecule has 1 unspecified atom stereocenters. The molecular weight excluding hydrogens is 266 g/mol. The number of hydrogen-bond acceptors (Lipinski definition) is 5. The van der Waals surface area contributed by atoms with Gasteiger partial charge in [-0.2, -0.15) is 0 Å². The van der Waals surface area contributed by atoms with Crippen LogP contribution in [0.5, 0.6) is 0 Å². The SMILES string of the molecule is Cc1sc(C(=O)NN)cc1CN1C(=O)CC(C)C1=O. The largest absolute Gasteiger partial charge is 0.289 e. The molecule has 1 aromatic heterocycles. The maximum atomic E-state index is 11.8. The number of thiophene rings is 1. The van der Waals surface area contributed by atoms with E-state index in [2.05, 4.69) is 5.43 Å². The Balaban J connectivity index is 2.20. The second kappa shape index (κ2) is 5.10. The van der Waals surface area contributed by atoms with Crippen molar-refractivity contribution in [3.05, 3.63) is 21.4 Å². The molecule has 0 aromatic carbocycles. The number of likely N-dealkylation sites (tertiary alicyclic amines) is 1. The van der Waals surface area contributed by atoms with E-state index in [0.717, 1.165) is 10.4 Å². The number of hydrazine groups is 1. The van der Waals surface area contributed by atoms with E-state index in [1.165, 1.54) is 16.2 Å². The zero-order valence-electron chi connectivity index (χ0n) is 10.7. The number of imide groups is 1. The first-order valence-corrected chi connectivity index (χ1v) is 6.70. The fourth-order valence-electron chi connectivity index (χ4n) is 2.04. The summed E-state index contributed by atoms with van der Waals surface area (Å²) in [6.45, 7) is 3.82. The van der Waals surface area contributed by atoms with Crippen LogP contribution < -0.4 is 11.3 Å². The summed E-state index contributed by atoms with van der Waals surface area (Å²) in [6, 6.07) is 1.67. The summed E-state index contributed by atoms with van der Waals surface area (Å²) in [4.78, 5) is 37.6. The smallest absolute Gasteiger partial charge is 0.275 e. The number of amides is 3. The van der Waals surface area contributed by atoms with Crippen LogP contribution in [0.4, 0.5) is 0 Å². The Morgan fingerprint density at radius 1 is 1.58 bits per heavy atom. The molecule has 7 heteroatoms. The molecule has 3 amide bonds. The number of carbonyl (C=O) groups excluding carboxylic acids is 3. The fourth-order valence-corrected chi connectivity index (χ4v) is 2.98. The Hall–Kier alpha value is -1.73. The Morgan fingerprint density at radius 3 is 2.79 bits per heavy atom. The van der Waals surface area contributed by atoms with Gasteiger partial charge in [-0.05, 0) is 18.6 Å². The second-order valence-corrected chi connectivity index (χ2v) is 5.85. The van der Waals surface area contributed by atoms with Crippen LogP contribution in [-0.2, 0) is 16.1 Å². The molecule has 1 atom stereocenters. The van der Waals surface area contributed by atoms with Crippen molar-refractivity contribution in [2.24, 2.45) is 11.8 Å². The van der Waals surface area contributed by atoms with Crippen molar-refractivity contribution < 1.29 is 14.4 Å². The quantitative estimate of drug-likeness (QED) is 0.366. The predicted octanol–water partition coefficient (Wildman–Crippen LogP) is 0.555. The minimum Gasteiger partial charge on any atom is -0.289 e. The average molecular weight is 281 g/mol. The highest BCUT2D eigenvalue weighted by molar-refractivity contribution is 7.14. The number of carbonyl (C=O) groups is 3. The highest BCUT2D eigenvalue weighted by Crippen LogP contribution is 2.26. The summed E-state index contributed by atoms with van der Waals surface area (Å²) >= 11 is 1.29. The van der Waals surface area contributed by atoms with Crippen molar-refractivity contribution in [1.29, 1.82) is 0 Å². The number of hydrogen-bond donors (Lipinski definition) is 2. The van der Waals surface area contributed by atoms with Gasteiger partial charge >= 0.3 is 0 Å². The minimum absolute atomic E-state index is 0.152. The molecule has 3 N–H and O–H groups in total. The molecule has 19 heavy (non-hydrogen) atoms. The van der Waals surface area contributed by atoms with E-state index in [1.54, 1.807) is 13.0 Å². The van der Waals surface area contributed by atoms with Gasteiger partial charge in [0.2, 0.25) is 11.8 Å². The number of nitrogens with zero attached hydrogens (tertiary/aromatic N) is 1. The summed E-state index contributed by atoms with van der Waals surface area (Å²) in [6.07, 6.45) is 0.262. The molecule has 1 fully saturated rings. The zero-order chi connectivity index (χ0) is 14.2. The van der Waals surface area contributed by atoms with Crippen molar-refractivity contribution >= 4 is 29.1 Å². The van der Waals surface area contributed by atoms with E-state index >= 15 is 0 Å². The minimum atomic E-state index is -0.369. The number of aryl methyl sites for hydroxylation is 1. The first-order valence-electron chi connectivity index (χ1n) is 5.88. The summed E-state index contributed by atoms with van der Waals surface area (Å²) in [5, 5.41) is 0. The van der Waals surface area contributed by atoms with Crippen molar-refractivity contribution in [3.63, 3.8) is 0 Å². The Morgan fingerprint density at radius 2 is 2.26 bits per heavy atom. The van der Waals surface area contributed by atoms with E-state index in [0.29, 0.717) is 4.88 Å². The van der Waals surface area contributed by atoms with Gasteiger partial charge in [-0.25, -0.2) is 5.84 Å². The molecule has 1 aromatic rings. The van der Waals surface area contributed by atoms with Crippen LogP contribution in [0.1, 0.15) is 33.5 Å². The lowest BCUT2D eigenvalue weighted by Gasteiger charge is -2.13. The normalized spacial score (nSPS) is 19.1. The Labute approximate surface area is 114 Å². The van der Waals surface area contributed by atoms with Crippen LogP contribution in [-0.4, -0.2) is 22.6 Å². The van der Waals surface area contributed by atoms with Crippen molar-refractivity contribution in [2.75, 3.05) is 0 Å². The van der Waals surface area contributed by atoms with E-state index in [-0.39, 0.29) is 36.6 Å². The van der Waals surface area contributed by atoms with Gasteiger partial charge in [-0.3, -0.25) is 24.7 Å². The lowest BCUT2D eigenvalue weighted by Crippen LogP contribution is -2.30. The van der Waals surface area contributed by atoms with Gasteiger partial charge in [-0.15, -0.1) is 11.3 Å². The van der Waals surface area contributed by atoms with Crippen LogP contribution in [0.2, 0.25) is 0 Å². The summed E-state index contributed by atoms with van der Waals surface area (Å²) in [5.74, 6) is 4.15. The first kappa shape index (κ1) is 13.7. The van der Waals surface area contributed by atoms with E-state index < -0.39 is 0 Å². The highest BCUT2D eigenvalue weighted by atomic mass is 32.1. The number of nitrogens with two attached hydrogens (primary N) is 1. The molecular formula is C12H15N3O3S. The molecule has 1 aliphatic heterocycles. The van der Waals surface area contributed by atoms with E-state index in [9.17, 15) is 14.4 Å². The molecule has 102 valence electrons. The molecule has 2 heterocycles. The predicted molar refractivity (Wildman–Crippen MR) is 70.0 cm³/mol. The topological polar surface area (TPSA) is 92.5 Å². The fraction of sp³-hybridized carbons (Fsp3) is 0.417. The van der Waals surface area contributed by atoms with Gasteiger partial charge in [0.1, 0.15) is 0 Å². The number of nitrogens with one attached hydrogen (secondary N) is 1. The van der Waals surface area contributed by atoms with Gasteiger partial charge in [0.15, 0.2) is 0 Å². The van der Waals surface area contributed by atoms with E-state index in [4.69, 9.17) is 5.84 Å². The van der Waals surface area contributed by atoms with Gasteiger partial charge in [0.25, 0.3) is 5.91 Å². The maximum absolute atomic E-state index is 11.8. The molecule has 6 nitrogen and oxygen atoms in total. The third-order valence-electron chi connectivity index (χ3n) is 3.17. The molecule has 0 aliphatic carbocycles. The van der Waals surface area contributed by atoms with Crippen LogP contribution >= 0.6 is 11.3 Å². The third kappa shape index (κ3) is 2.52. The molecule has 1 saturated heterocycles. The van der Waals surface area contributed by atoms with Gasteiger partial charge in [0, 0.05) is 17.2 Å². The zero-order valence-corrected chi connectivity index (χ0v) is 11.5. The van der Waals surface area contributed by atoms with Gasteiger partial charge < -0.3 is 0 Å². The van der Waals surface area contributed by atoms with Crippen LogP contribution in [0.15, 0.2) is 6.07 Å². The molecule has 2 rings (SSSR count). The maximum Gasteiger partial charge on any atom is 0.275 e.